The van der Waals surface area contributed by atoms with Gasteiger partial charge in [-0.3, -0.25) is 9.69 Å². The number of benzene rings is 1. The van der Waals surface area contributed by atoms with Gasteiger partial charge in [-0.15, -0.1) is 0 Å². The summed E-state index contributed by atoms with van der Waals surface area (Å²) in [6, 6.07) is 5.72. The number of Topliss-reactive ketones (excluding diaryl/α,β-unsaturated/α-hetero) is 1. The highest BCUT2D eigenvalue weighted by atomic mass is 19.1. The van der Waals surface area contributed by atoms with Crippen LogP contribution in [0.5, 0.6) is 0 Å². The fourth-order valence-electron chi connectivity index (χ4n) is 1.60. The van der Waals surface area contributed by atoms with Gasteiger partial charge in [-0.2, -0.15) is 0 Å². The molecule has 0 saturated carbocycles. The molecular formula is C13H18FNO2. The van der Waals surface area contributed by atoms with Gasteiger partial charge in [0.15, 0.2) is 5.78 Å². The fraction of sp³-hybridized carbons (Fsp3) is 0.462. The highest BCUT2D eigenvalue weighted by molar-refractivity contribution is 5.97. The van der Waals surface area contributed by atoms with Crippen LogP contribution >= 0.6 is 0 Å². The van der Waals surface area contributed by atoms with E-state index < -0.39 is 5.82 Å². The molecule has 0 unspecified atom stereocenters. The molecule has 1 rings (SSSR count). The SMILES string of the molecule is CCN(CCCO)CC(=O)c1cccc(F)c1. The topological polar surface area (TPSA) is 40.5 Å². The predicted octanol–water partition coefficient (Wildman–Crippen LogP) is 1.71. The zero-order valence-electron chi connectivity index (χ0n) is 10.0. The van der Waals surface area contributed by atoms with Crippen molar-refractivity contribution >= 4 is 5.78 Å². The van der Waals surface area contributed by atoms with Crippen LogP contribution in [-0.4, -0.2) is 42.0 Å². The monoisotopic (exact) mass is 239 g/mol. The molecule has 1 N–H and O–H groups in total. The summed E-state index contributed by atoms with van der Waals surface area (Å²) in [6.07, 6.45) is 0.643. The number of hydrogen-bond acceptors (Lipinski definition) is 3. The maximum Gasteiger partial charge on any atom is 0.176 e. The van der Waals surface area contributed by atoms with Gasteiger partial charge in [0.2, 0.25) is 0 Å². The van der Waals surface area contributed by atoms with Crippen LogP contribution in [0.15, 0.2) is 24.3 Å². The Bertz CT molecular complexity index is 368. The number of carbonyl (C=O) groups excluding carboxylic acids is 1. The lowest BCUT2D eigenvalue weighted by molar-refractivity contribution is 0.0928. The Balaban J connectivity index is 2.58. The first kappa shape index (κ1) is 13.8. The van der Waals surface area contributed by atoms with Gasteiger partial charge < -0.3 is 5.11 Å². The van der Waals surface area contributed by atoms with Crippen LogP contribution in [-0.2, 0) is 0 Å². The molecule has 17 heavy (non-hydrogen) atoms. The van der Waals surface area contributed by atoms with E-state index in [9.17, 15) is 9.18 Å². The van der Waals surface area contributed by atoms with Crippen molar-refractivity contribution in [3.8, 4) is 0 Å². The number of likely N-dealkylation sites (N-methyl/N-ethyl adjacent to an activating group) is 1. The van der Waals surface area contributed by atoms with Crippen molar-refractivity contribution < 1.29 is 14.3 Å². The van der Waals surface area contributed by atoms with Gasteiger partial charge in [0.25, 0.3) is 0 Å². The zero-order valence-corrected chi connectivity index (χ0v) is 10.0. The van der Waals surface area contributed by atoms with Crippen molar-refractivity contribution in [1.82, 2.24) is 4.90 Å². The molecule has 0 aliphatic carbocycles. The summed E-state index contributed by atoms with van der Waals surface area (Å²) >= 11 is 0. The molecule has 0 amide bonds. The van der Waals surface area contributed by atoms with Crippen LogP contribution in [0.3, 0.4) is 0 Å². The summed E-state index contributed by atoms with van der Waals surface area (Å²) in [5.74, 6) is -0.487. The molecule has 0 heterocycles. The van der Waals surface area contributed by atoms with E-state index >= 15 is 0 Å². The molecule has 0 radical (unpaired) electrons. The second-order valence-corrected chi connectivity index (χ2v) is 3.88. The van der Waals surface area contributed by atoms with E-state index in [-0.39, 0.29) is 18.9 Å². The molecule has 0 aromatic heterocycles. The average Bonchev–Trinajstić information content (AvgIpc) is 2.34. The number of halogens is 1. The van der Waals surface area contributed by atoms with E-state index in [0.717, 1.165) is 6.54 Å². The minimum Gasteiger partial charge on any atom is -0.396 e. The van der Waals surface area contributed by atoms with E-state index in [1.165, 1.54) is 18.2 Å². The highest BCUT2D eigenvalue weighted by Crippen LogP contribution is 2.05. The smallest absolute Gasteiger partial charge is 0.176 e. The van der Waals surface area contributed by atoms with Crippen molar-refractivity contribution in [3.05, 3.63) is 35.6 Å². The first-order valence-corrected chi connectivity index (χ1v) is 5.79. The van der Waals surface area contributed by atoms with Gasteiger partial charge in [0, 0.05) is 18.7 Å². The number of carbonyl (C=O) groups is 1. The maximum atomic E-state index is 13.0. The van der Waals surface area contributed by atoms with Crippen molar-refractivity contribution in [2.75, 3.05) is 26.2 Å². The van der Waals surface area contributed by atoms with E-state index in [1.807, 2.05) is 11.8 Å². The summed E-state index contributed by atoms with van der Waals surface area (Å²) in [6.45, 7) is 3.75. The second-order valence-electron chi connectivity index (χ2n) is 3.88. The lowest BCUT2D eigenvalue weighted by atomic mass is 10.1. The lowest BCUT2D eigenvalue weighted by Crippen LogP contribution is -2.31. The van der Waals surface area contributed by atoms with Crippen LogP contribution in [0.2, 0.25) is 0 Å². The molecule has 1 aromatic carbocycles. The number of aliphatic hydroxyl groups excluding tert-OH is 1. The standard InChI is InChI=1S/C13H18FNO2/c1-2-15(7-4-8-16)10-13(17)11-5-3-6-12(14)9-11/h3,5-6,9,16H,2,4,7-8,10H2,1H3. The van der Waals surface area contributed by atoms with Gasteiger partial charge in [0.05, 0.1) is 6.54 Å². The van der Waals surface area contributed by atoms with E-state index in [0.29, 0.717) is 18.5 Å². The van der Waals surface area contributed by atoms with E-state index in [4.69, 9.17) is 5.11 Å². The largest absolute Gasteiger partial charge is 0.396 e. The molecule has 0 atom stereocenters. The quantitative estimate of drug-likeness (QED) is 0.736. The Kier molecular flexibility index (Phi) is 5.80. The van der Waals surface area contributed by atoms with Crippen LogP contribution < -0.4 is 0 Å². The average molecular weight is 239 g/mol. The number of hydrogen-bond donors (Lipinski definition) is 1. The van der Waals surface area contributed by atoms with Crippen LogP contribution in [0.4, 0.5) is 4.39 Å². The summed E-state index contributed by atoms with van der Waals surface area (Å²) in [7, 11) is 0. The first-order chi connectivity index (χ1) is 8.17. The second kappa shape index (κ2) is 7.14. The third-order valence-electron chi connectivity index (χ3n) is 2.59. The number of aliphatic hydroxyl groups is 1. The molecule has 3 nitrogen and oxygen atoms in total. The summed E-state index contributed by atoms with van der Waals surface area (Å²) in [4.78, 5) is 13.8. The summed E-state index contributed by atoms with van der Waals surface area (Å²) in [5.41, 5.74) is 0.396. The Labute approximate surface area is 101 Å². The fourth-order valence-corrected chi connectivity index (χ4v) is 1.60. The maximum absolute atomic E-state index is 13.0. The Morgan fingerprint density at radius 1 is 1.47 bits per heavy atom. The van der Waals surface area contributed by atoms with Gasteiger partial charge in [0.1, 0.15) is 5.82 Å². The molecule has 0 bridgehead atoms. The zero-order chi connectivity index (χ0) is 12.7. The Hall–Kier alpha value is -1.26. The third kappa shape index (κ3) is 4.63. The molecule has 4 heteroatoms. The molecule has 0 saturated heterocycles. The minimum atomic E-state index is -0.394. The van der Waals surface area contributed by atoms with Crippen LogP contribution in [0.1, 0.15) is 23.7 Å². The predicted molar refractivity (Wildman–Crippen MR) is 64.5 cm³/mol. The van der Waals surface area contributed by atoms with Crippen molar-refractivity contribution in [3.63, 3.8) is 0 Å². The van der Waals surface area contributed by atoms with Crippen molar-refractivity contribution in [2.45, 2.75) is 13.3 Å². The van der Waals surface area contributed by atoms with Gasteiger partial charge in [-0.1, -0.05) is 19.1 Å². The summed E-state index contributed by atoms with van der Waals surface area (Å²) in [5, 5.41) is 8.74. The molecule has 94 valence electrons. The molecule has 0 spiro atoms. The van der Waals surface area contributed by atoms with E-state index in [1.54, 1.807) is 6.07 Å². The molecule has 1 aromatic rings. The molecular weight excluding hydrogens is 221 g/mol. The highest BCUT2D eigenvalue weighted by Gasteiger charge is 2.11. The minimum absolute atomic E-state index is 0.0933. The number of nitrogens with zero attached hydrogens (tertiary/aromatic N) is 1. The Morgan fingerprint density at radius 2 is 2.24 bits per heavy atom. The number of ketones is 1. The molecule has 0 aliphatic rings. The molecule has 0 aliphatic heterocycles. The lowest BCUT2D eigenvalue weighted by Gasteiger charge is -2.18. The first-order valence-electron chi connectivity index (χ1n) is 5.79. The number of rotatable bonds is 7. The van der Waals surface area contributed by atoms with Crippen LogP contribution in [0, 0.1) is 5.82 Å². The van der Waals surface area contributed by atoms with Crippen molar-refractivity contribution in [2.24, 2.45) is 0 Å². The third-order valence-corrected chi connectivity index (χ3v) is 2.59. The molecule has 0 fully saturated rings. The van der Waals surface area contributed by atoms with E-state index in [2.05, 4.69) is 0 Å². The summed E-state index contributed by atoms with van der Waals surface area (Å²) < 4.78 is 13.0. The van der Waals surface area contributed by atoms with Gasteiger partial charge >= 0.3 is 0 Å². The Morgan fingerprint density at radius 3 is 2.82 bits per heavy atom. The van der Waals surface area contributed by atoms with Gasteiger partial charge in [-0.25, -0.2) is 4.39 Å². The van der Waals surface area contributed by atoms with Crippen molar-refractivity contribution in [1.29, 1.82) is 0 Å². The normalized spacial score (nSPS) is 10.8. The van der Waals surface area contributed by atoms with Gasteiger partial charge in [-0.05, 0) is 25.1 Å². The van der Waals surface area contributed by atoms with Crippen LogP contribution in [0.25, 0.3) is 0 Å².